The molecule has 0 aliphatic carbocycles. The second kappa shape index (κ2) is 4.93. The molecule has 0 aromatic heterocycles. The Kier molecular flexibility index (Phi) is 3.56. The molecule has 0 radical (unpaired) electrons. The summed E-state index contributed by atoms with van der Waals surface area (Å²) in [5, 5.41) is 0.566. The maximum atomic E-state index is 13.3. The number of alkyl halides is 1. The van der Waals surface area contributed by atoms with Gasteiger partial charge in [0, 0.05) is 17.6 Å². The van der Waals surface area contributed by atoms with Gasteiger partial charge in [-0.3, -0.25) is 4.79 Å². The number of carbonyl (C=O) groups is 1. The molecule has 1 fully saturated rings. The Balaban J connectivity index is 2.31. The van der Waals surface area contributed by atoms with E-state index in [4.69, 9.17) is 4.74 Å². The van der Waals surface area contributed by atoms with E-state index in [9.17, 15) is 9.18 Å². The molecule has 1 saturated heterocycles. The van der Waals surface area contributed by atoms with Gasteiger partial charge < -0.3 is 9.64 Å². The van der Waals surface area contributed by atoms with Gasteiger partial charge in [0.05, 0.1) is 6.61 Å². The highest BCUT2D eigenvalue weighted by Gasteiger charge is 2.20. The summed E-state index contributed by atoms with van der Waals surface area (Å²) in [6.07, 6.45) is 0. The van der Waals surface area contributed by atoms with Crippen LogP contribution in [0.5, 0.6) is 0 Å². The Morgan fingerprint density at radius 2 is 2.25 bits per heavy atom. The molecule has 1 heterocycles. The zero-order valence-electron chi connectivity index (χ0n) is 8.58. The molecule has 0 atom stereocenters. The third-order valence-corrected chi connectivity index (χ3v) is 3.04. The van der Waals surface area contributed by atoms with Crippen LogP contribution in [0.15, 0.2) is 18.2 Å². The van der Waals surface area contributed by atoms with Gasteiger partial charge in [0.1, 0.15) is 12.4 Å². The lowest BCUT2D eigenvalue weighted by Gasteiger charge is -2.27. The van der Waals surface area contributed by atoms with Crippen LogP contribution < -0.4 is 4.90 Å². The molecule has 0 unspecified atom stereocenters. The summed E-state index contributed by atoms with van der Waals surface area (Å²) in [7, 11) is 0. The first-order valence-corrected chi connectivity index (χ1v) is 6.06. The molecule has 2 rings (SSSR count). The normalized spacial score (nSPS) is 16.6. The fourth-order valence-corrected chi connectivity index (χ4v) is 1.98. The van der Waals surface area contributed by atoms with E-state index in [-0.39, 0.29) is 18.3 Å². The predicted octanol–water partition coefficient (Wildman–Crippen LogP) is 2.08. The molecule has 1 amide bonds. The van der Waals surface area contributed by atoms with Crippen LogP contribution in [-0.2, 0) is 14.9 Å². The predicted molar refractivity (Wildman–Crippen MR) is 62.2 cm³/mol. The van der Waals surface area contributed by atoms with Gasteiger partial charge in [0.2, 0.25) is 0 Å². The second-order valence-electron chi connectivity index (χ2n) is 3.55. The van der Waals surface area contributed by atoms with Crippen LogP contribution in [0.25, 0.3) is 0 Å². The van der Waals surface area contributed by atoms with Crippen molar-refractivity contribution < 1.29 is 13.9 Å². The minimum atomic E-state index is -0.328. The maximum Gasteiger partial charge on any atom is 0.253 e. The highest BCUT2D eigenvalue weighted by molar-refractivity contribution is 9.08. The molecule has 0 bridgehead atoms. The number of hydrogen-bond donors (Lipinski definition) is 0. The van der Waals surface area contributed by atoms with Gasteiger partial charge in [-0.25, -0.2) is 4.39 Å². The standard InChI is InChI=1S/C11H11BrFNO2/c12-6-8-3-9(13)5-10(4-8)14-1-2-16-7-11(14)15/h3-5H,1-2,6-7H2. The maximum absolute atomic E-state index is 13.3. The number of nitrogens with zero attached hydrogens (tertiary/aromatic N) is 1. The van der Waals surface area contributed by atoms with Crippen molar-refractivity contribution in [3.05, 3.63) is 29.6 Å². The van der Waals surface area contributed by atoms with Gasteiger partial charge in [-0.05, 0) is 23.8 Å². The van der Waals surface area contributed by atoms with Gasteiger partial charge in [-0.1, -0.05) is 15.9 Å². The molecule has 1 aromatic rings. The summed E-state index contributed by atoms with van der Waals surface area (Å²) in [6.45, 7) is 1.04. The summed E-state index contributed by atoms with van der Waals surface area (Å²) < 4.78 is 18.3. The van der Waals surface area contributed by atoms with Crippen LogP contribution in [-0.4, -0.2) is 25.7 Å². The van der Waals surface area contributed by atoms with Crippen LogP contribution in [0, 0.1) is 5.82 Å². The molecule has 1 aliphatic heterocycles. The van der Waals surface area contributed by atoms with E-state index in [1.54, 1.807) is 11.0 Å². The monoisotopic (exact) mass is 287 g/mol. The topological polar surface area (TPSA) is 29.5 Å². The van der Waals surface area contributed by atoms with Crippen molar-refractivity contribution in [3.8, 4) is 0 Å². The molecule has 0 spiro atoms. The van der Waals surface area contributed by atoms with E-state index in [0.29, 0.717) is 24.2 Å². The molecule has 1 aliphatic rings. The summed E-state index contributed by atoms with van der Waals surface area (Å²) >= 11 is 3.27. The zero-order chi connectivity index (χ0) is 11.5. The summed E-state index contributed by atoms with van der Waals surface area (Å²) in [5.41, 5.74) is 1.41. The Labute approximate surface area is 101 Å². The number of carbonyl (C=O) groups excluding carboxylic acids is 1. The quantitative estimate of drug-likeness (QED) is 0.780. The Morgan fingerprint density at radius 1 is 1.44 bits per heavy atom. The lowest BCUT2D eigenvalue weighted by molar-refractivity contribution is -0.125. The van der Waals surface area contributed by atoms with E-state index in [1.807, 2.05) is 0 Å². The number of morpholine rings is 1. The zero-order valence-corrected chi connectivity index (χ0v) is 10.2. The first-order chi connectivity index (χ1) is 7.70. The molecule has 5 heteroatoms. The summed E-state index contributed by atoms with van der Waals surface area (Å²) in [5.74, 6) is -0.455. The third-order valence-electron chi connectivity index (χ3n) is 2.39. The van der Waals surface area contributed by atoms with Crippen LogP contribution in [0.4, 0.5) is 10.1 Å². The first-order valence-electron chi connectivity index (χ1n) is 4.94. The van der Waals surface area contributed by atoms with Crippen molar-refractivity contribution >= 4 is 27.5 Å². The van der Waals surface area contributed by atoms with Crippen molar-refractivity contribution in [1.29, 1.82) is 0 Å². The number of benzene rings is 1. The first kappa shape index (κ1) is 11.5. The second-order valence-corrected chi connectivity index (χ2v) is 4.11. The molecule has 86 valence electrons. The number of amides is 1. The average Bonchev–Trinajstić information content (AvgIpc) is 2.28. The molecule has 16 heavy (non-hydrogen) atoms. The van der Waals surface area contributed by atoms with Crippen LogP contribution >= 0.6 is 15.9 Å². The van der Waals surface area contributed by atoms with Gasteiger partial charge >= 0.3 is 0 Å². The number of halogens is 2. The van der Waals surface area contributed by atoms with Crippen LogP contribution in [0.3, 0.4) is 0 Å². The minimum Gasteiger partial charge on any atom is -0.370 e. The van der Waals surface area contributed by atoms with Gasteiger partial charge in [0.25, 0.3) is 5.91 Å². The van der Waals surface area contributed by atoms with Crippen molar-refractivity contribution in [2.45, 2.75) is 5.33 Å². The van der Waals surface area contributed by atoms with Gasteiger partial charge in [0.15, 0.2) is 0 Å². The van der Waals surface area contributed by atoms with E-state index >= 15 is 0 Å². The molecule has 1 aromatic carbocycles. The Bertz CT molecular complexity index is 411. The highest BCUT2D eigenvalue weighted by Crippen LogP contribution is 2.21. The fourth-order valence-electron chi connectivity index (χ4n) is 1.66. The lowest BCUT2D eigenvalue weighted by atomic mass is 10.2. The fraction of sp³-hybridized carbons (Fsp3) is 0.364. The van der Waals surface area contributed by atoms with Crippen molar-refractivity contribution in [2.24, 2.45) is 0 Å². The summed E-state index contributed by atoms with van der Waals surface area (Å²) in [6, 6.07) is 4.62. The lowest BCUT2D eigenvalue weighted by Crippen LogP contribution is -2.41. The van der Waals surface area contributed by atoms with E-state index in [1.165, 1.54) is 12.1 Å². The molecule has 0 saturated carbocycles. The van der Waals surface area contributed by atoms with Crippen LogP contribution in [0.1, 0.15) is 5.56 Å². The molecule has 0 N–H and O–H groups in total. The average molecular weight is 288 g/mol. The Morgan fingerprint density at radius 3 is 2.94 bits per heavy atom. The van der Waals surface area contributed by atoms with E-state index in [2.05, 4.69) is 15.9 Å². The molecule has 3 nitrogen and oxygen atoms in total. The highest BCUT2D eigenvalue weighted by atomic mass is 79.9. The molecular formula is C11H11BrFNO2. The molecular weight excluding hydrogens is 277 g/mol. The number of hydrogen-bond acceptors (Lipinski definition) is 2. The van der Waals surface area contributed by atoms with E-state index in [0.717, 1.165) is 5.56 Å². The number of anilines is 1. The number of rotatable bonds is 2. The Hall–Kier alpha value is -0.940. The van der Waals surface area contributed by atoms with E-state index < -0.39 is 0 Å². The minimum absolute atomic E-state index is 0.0696. The smallest absolute Gasteiger partial charge is 0.253 e. The van der Waals surface area contributed by atoms with Crippen molar-refractivity contribution in [3.63, 3.8) is 0 Å². The summed E-state index contributed by atoms with van der Waals surface area (Å²) in [4.78, 5) is 13.1. The van der Waals surface area contributed by atoms with Crippen molar-refractivity contribution in [1.82, 2.24) is 0 Å². The third kappa shape index (κ3) is 2.41. The van der Waals surface area contributed by atoms with Gasteiger partial charge in [-0.15, -0.1) is 0 Å². The van der Waals surface area contributed by atoms with Crippen molar-refractivity contribution in [2.75, 3.05) is 24.7 Å². The van der Waals surface area contributed by atoms with Crippen LogP contribution in [0.2, 0.25) is 0 Å². The largest absolute Gasteiger partial charge is 0.370 e. The van der Waals surface area contributed by atoms with Gasteiger partial charge in [-0.2, -0.15) is 0 Å². The SMILES string of the molecule is O=C1COCCN1c1cc(F)cc(CBr)c1. The number of ether oxygens (including phenoxy) is 1.